The van der Waals surface area contributed by atoms with E-state index in [4.69, 9.17) is 4.74 Å². The number of nitrogens with zero attached hydrogens (tertiary/aromatic N) is 1. The number of hydrogen-bond acceptors (Lipinski definition) is 3. The Morgan fingerprint density at radius 3 is 2.57 bits per heavy atom. The zero-order valence-corrected chi connectivity index (χ0v) is 16.0. The van der Waals surface area contributed by atoms with Gasteiger partial charge in [0.1, 0.15) is 5.60 Å². The molecule has 23 heavy (non-hydrogen) atoms. The van der Waals surface area contributed by atoms with Crippen LogP contribution in [0.3, 0.4) is 0 Å². The number of nitrogens with one attached hydrogen (secondary N) is 1. The van der Waals surface area contributed by atoms with Gasteiger partial charge in [-0.15, -0.1) is 0 Å². The van der Waals surface area contributed by atoms with Crippen LogP contribution in [0.15, 0.2) is 28.7 Å². The maximum Gasteiger partial charge on any atom is 0.410 e. The fraction of sp³-hybridized carbons (Fsp3) is 0.611. The van der Waals surface area contributed by atoms with Crippen LogP contribution in [0, 0.1) is 5.92 Å². The number of ether oxygens (including phenoxy) is 1. The lowest BCUT2D eigenvalue weighted by molar-refractivity contribution is 0.0145. The van der Waals surface area contributed by atoms with E-state index in [9.17, 15) is 4.79 Å². The highest BCUT2D eigenvalue weighted by atomic mass is 79.9. The summed E-state index contributed by atoms with van der Waals surface area (Å²) in [5, 5.41) is 3.42. The van der Waals surface area contributed by atoms with Crippen molar-refractivity contribution in [2.24, 2.45) is 5.92 Å². The number of amides is 1. The monoisotopic (exact) mass is 382 g/mol. The summed E-state index contributed by atoms with van der Waals surface area (Å²) in [6.45, 7) is 7.23. The maximum atomic E-state index is 12.3. The minimum Gasteiger partial charge on any atom is -0.444 e. The molecule has 1 N–H and O–H groups in total. The van der Waals surface area contributed by atoms with Crippen molar-refractivity contribution in [1.29, 1.82) is 0 Å². The van der Waals surface area contributed by atoms with Crippen molar-refractivity contribution in [3.8, 4) is 0 Å². The molecule has 1 aliphatic rings. The molecule has 0 saturated carbocycles. The van der Waals surface area contributed by atoms with Crippen molar-refractivity contribution in [3.63, 3.8) is 0 Å². The van der Waals surface area contributed by atoms with Crippen LogP contribution in [0.4, 0.5) is 4.79 Å². The van der Waals surface area contributed by atoms with Gasteiger partial charge >= 0.3 is 6.09 Å². The number of halogens is 1. The second-order valence-corrected chi connectivity index (χ2v) is 8.06. The van der Waals surface area contributed by atoms with Crippen molar-refractivity contribution in [3.05, 3.63) is 34.3 Å². The second kappa shape index (κ2) is 7.67. The summed E-state index contributed by atoms with van der Waals surface area (Å²) in [5.41, 5.74) is 0.810. The van der Waals surface area contributed by atoms with Gasteiger partial charge < -0.3 is 15.0 Å². The molecule has 2 rings (SSSR count). The van der Waals surface area contributed by atoms with Gasteiger partial charge in [-0.2, -0.15) is 0 Å². The van der Waals surface area contributed by atoms with E-state index < -0.39 is 5.60 Å². The third kappa shape index (κ3) is 5.21. The van der Waals surface area contributed by atoms with Gasteiger partial charge in [-0.25, -0.2) is 4.79 Å². The summed E-state index contributed by atoms with van der Waals surface area (Å²) in [4.78, 5) is 14.2. The van der Waals surface area contributed by atoms with Gasteiger partial charge in [0.25, 0.3) is 0 Å². The Morgan fingerprint density at radius 1 is 1.35 bits per heavy atom. The van der Waals surface area contributed by atoms with Crippen LogP contribution in [-0.4, -0.2) is 36.7 Å². The Labute approximate surface area is 147 Å². The minimum absolute atomic E-state index is 0.201. The molecular formula is C18H27BrN2O2. The Bertz CT molecular complexity index is 525. The Morgan fingerprint density at radius 2 is 2.00 bits per heavy atom. The molecule has 0 radical (unpaired) electrons. The standard InChI is InChI=1S/C18H27BrN2O2/c1-18(2,3)23-17(22)21-11-5-6-14(12-21)16(20-4)13-7-9-15(19)10-8-13/h7-10,14,16,20H,5-6,11-12H2,1-4H3. The fourth-order valence-corrected chi connectivity index (χ4v) is 3.38. The highest BCUT2D eigenvalue weighted by molar-refractivity contribution is 9.10. The average molecular weight is 383 g/mol. The molecule has 0 bridgehead atoms. The number of piperidine rings is 1. The zero-order chi connectivity index (χ0) is 17.0. The quantitative estimate of drug-likeness (QED) is 0.844. The number of hydrogen-bond donors (Lipinski definition) is 1. The molecule has 1 aliphatic heterocycles. The summed E-state index contributed by atoms with van der Waals surface area (Å²) >= 11 is 3.48. The summed E-state index contributed by atoms with van der Waals surface area (Å²) in [7, 11) is 1.99. The molecule has 0 aliphatic carbocycles. The SMILES string of the molecule is CNC(c1ccc(Br)cc1)C1CCCN(C(=O)OC(C)(C)C)C1. The molecule has 5 heteroatoms. The number of benzene rings is 1. The lowest BCUT2D eigenvalue weighted by Crippen LogP contribution is -2.45. The van der Waals surface area contributed by atoms with Gasteiger partial charge in [0.05, 0.1) is 0 Å². The van der Waals surface area contributed by atoms with E-state index in [0.29, 0.717) is 5.92 Å². The van der Waals surface area contributed by atoms with Crippen LogP contribution in [0.2, 0.25) is 0 Å². The van der Waals surface area contributed by atoms with E-state index in [1.54, 1.807) is 0 Å². The van der Waals surface area contributed by atoms with Crippen LogP contribution in [0.5, 0.6) is 0 Å². The second-order valence-electron chi connectivity index (χ2n) is 7.15. The van der Waals surface area contributed by atoms with Crippen molar-refractivity contribution < 1.29 is 9.53 Å². The van der Waals surface area contributed by atoms with Crippen LogP contribution in [0.25, 0.3) is 0 Å². The molecule has 128 valence electrons. The van der Waals surface area contributed by atoms with Crippen molar-refractivity contribution in [1.82, 2.24) is 10.2 Å². The normalized spacial score (nSPS) is 20.2. The van der Waals surface area contributed by atoms with Gasteiger partial charge in [-0.05, 0) is 64.3 Å². The molecule has 1 fully saturated rings. The third-order valence-corrected chi connectivity index (χ3v) is 4.65. The first-order valence-electron chi connectivity index (χ1n) is 8.21. The highest BCUT2D eigenvalue weighted by Gasteiger charge is 2.31. The van der Waals surface area contributed by atoms with Crippen LogP contribution in [0.1, 0.15) is 45.2 Å². The molecule has 2 unspecified atom stereocenters. The van der Waals surface area contributed by atoms with E-state index in [0.717, 1.165) is 30.4 Å². The summed E-state index contributed by atoms with van der Waals surface area (Å²) in [6.07, 6.45) is 1.92. The number of likely N-dealkylation sites (tertiary alicyclic amines) is 1. The molecular weight excluding hydrogens is 356 g/mol. The fourth-order valence-electron chi connectivity index (χ4n) is 3.12. The van der Waals surface area contributed by atoms with Gasteiger partial charge in [-0.1, -0.05) is 28.1 Å². The lowest BCUT2D eigenvalue weighted by Gasteiger charge is -2.37. The smallest absolute Gasteiger partial charge is 0.410 e. The number of carbonyl (C=O) groups excluding carboxylic acids is 1. The molecule has 4 nitrogen and oxygen atoms in total. The van der Waals surface area contributed by atoms with Gasteiger partial charge in [0, 0.05) is 23.6 Å². The molecule has 0 spiro atoms. The lowest BCUT2D eigenvalue weighted by atomic mass is 9.86. The highest BCUT2D eigenvalue weighted by Crippen LogP contribution is 2.31. The predicted molar refractivity (Wildman–Crippen MR) is 96.5 cm³/mol. The molecule has 1 aromatic carbocycles. The van der Waals surface area contributed by atoms with Gasteiger partial charge in [-0.3, -0.25) is 0 Å². The molecule has 1 saturated heterocycles. The summed E-state index contributed by atoms with van der Waals surface area (Å²) in [6, 6.07) is 8.64. The molecule has 1 aromatic rings. The Balaban J connectivity index is 2.06. The van der Waals surface area contributed by atoms with Crippen molar-refractivity contribution >= 4 is 22.0 Å². The summed E-state index contributed by atoms with van der Waals surface area (Å²) in [5.74, 6) is 0.391. The average Bonchev–Trinajstić information content (AvgIpc) is 2.48. The number of rotatable bonds is 3. The first kappa shape index (κ1) is 18.3. The molecule has 1 amide bonds. The molecule has 1 heterocycles. The zero-order valence-electron chi connectivity index (χ0n) is 14.4. The minimum atomic E-state index is -0.446. The first-order valence-corrected chi connectivity index (χ1v) is 9.00. The van der Waals surface area contributed by atoms with E-state index in [2.05, 4.69) is 45.5 Å². The molecule has 2 atom stereocenters. The Hall–Kier alpha value is -1.07. The van der Waals surface area contributed by atoms with Crippen LogP contribution >= 0.6 is 15.9 Å². The van der Waals surface area contributed by atoms with Gasteiger partial charge in [0.15, 0.2) is 0 Å². The third-order valence-electron chi connectivity index (χ3n) is 4.12. The first-order chi connectivity index (χ1) is 10.8. The molecule has 0 aromatic heterocycles. The van der Waals surface area contributed by atoms with Crippen molar-refractivity contribution in [2.45, 2.75) is 45.3 Å². The Kier molecular flexibility index (Phi) is 6.09. The van der Waals surface area contributed by atoms with E-state index in [1.165, 1.54) is 5.56 Å². The van der Waals surface area contributed by atoms with E-state index in [-0.39, 0.29) is 12.1 Å². The van der Waals surface area contributed by atoms with Crippen molar-refractivity contribution in [2.75, 3.05) is 20.1 Å². The maximum absolute atomic E-state index is 12.3. The number of carbonyl (C=O) groups is 1. The predicted octanol–water partition coefficient (Wildman–Crippen LogP) is 4.36. The van der Waals surface area contributed by atoms with Crippen LogP contribution in [-0.2, 0) is 4.74 Å². The van der Waals surface area contributed by atoms with Crippen LogP contribution < -0.4 is 5.32 Å². The topological polar surface area (TPSA) is 41.6 Å². The van der Waals surface area contributed by atoms with E-state index >= 15 is 0 Å². The van der Waals surface area contributed by atoms with E-state index in [1.807, 2.05) is 32.7 Å². The van der Waals surface area contributed by atoms with Gasteiger partial charge in [0.2, 0.25) is 0 Å². The summed E-state index contributed by atoms with van der Waals surface area (Å²) < 4.78 is 6.60. The largest absolute Gasteiger partial charge is 0.444 e.